The quantitative estimate of drug-likeness (QED) is 0.830. The van der Waals surface area contributed by atoms with E-state index < -0.39 is 11.5 Å². The first-order valence-electron chi connectivity index (χ1n) is 6.44. The number of ether oxygens (including phenoxy) is 1. The Morgan fingerprint density at radius 1 is 1.37 bits per heavy atom. The Morgan fingerprint density at radius 2 is 1.89 bits per heavy atom. The maximum Gasteiger partial charge on any atom is 0.323 e. The van der Waals surface area contributed by atoms with Crippen LogP contribution >= 0.6 is 0 Å². The molecule has 4 nitrogen and oxygen atoms in total. The van der Waals surface area contributed by atoms with E-state index in [0.29, 0.717) is 6.42 Å². The summed E-state index contributed by atoms with van der Waals surface area (Å²) in [5, 5.41) is 12.1. The summed E-state index contributed by atoms with van der Waals surface area (Å²) in [6.45, 7) is 7.58. The lowest BCUT2D eigenvalue weighted by atomic mass is 9.95. The van der Waals surface area contributed by atoms with Gasteiger partial charge in [-0.05, 0) is 58.0 Å². The number of nitrogens with one attached hydrogen (secondary N) is 1. The van der Waals surface area contributed by atoms with Gasteiger partial charge in [0.2, 0.25) is 0 Å². The third-order valence-electron chi connectivity index (χ3n) is 3.25. The number of carbonyl (C=O) groups is 1. The fourth-order valence-electron chi connectivity index (χ4n) is 2.15. The highest BCUT2D eigenvalue weighted by Gasteiger charge is 2.33. The fourth-order valence-corrected chi connectivity index (χ4v) is 2.15. The van der Waals surface area contributed by atoms with Crippen LogP contribution in [0, 0.1) is 13.8 Å². The Morgan fingerprint density at radius 3 is 2.32 bits per heavy atom. The summed E-state index contributed by atoms with van der Waals surface area (Å²) in [4.78, 5) is 11.2. The topological polar surface area (TPSA) is 58.6 Å². The van der Waals surface area contributed by atoms with Gasteiger partial charge in [0.25, 0.3) is 0 Å². The third kappa shape index (κ3) is 4.24. The van der Waals surface area contributed by atoms with Crippen LogP contribution in [0.25, 0.3) is 0 Å². The van der Waals surface area contributed by atoms with Gasteiger partial charge in [-0.1, -0.05) is 6.07 Å². The predicted molar refractivity (Wildman–Crippen MR) is 75.7 cm³/mol. The minimum atomic E-state index is -0.974. The average Bonchev–Trinajstić information content (AvgIpc) is 2.26. The van der Waals surface area contributed by atoms with Gasteiger partial charge in [0.05, 0.1) is 6.10 Å². The average molecular weight is 265 g/mol. The number of likely N-dealkylation sites (N-methyl/N-ethyl adjacent to an activating group) is 1. The standard InChI is InChI=1S/C15H23NO3/c1-10-6-11(2)8-13(7-10)19-12(3)9-15(4,16-5)14(17)18/h6-8,12,16H,9H2,1-5H3,(H,17,18). The molecular weight excluding hydrogens is 242 g/mol. The van der Waals surface area contributed by atoms with E-state index in [4.69, 9.17) is 4.74 Å². The molecule has 1 rings (SSSR count). The summed E-state index contributed by atoms with van der Waals surface area (Å²) in [6.07, 6.45) is 0.209. The van der Waals surface area contributed by atoms with Crippen LogP contribution in [0.4, 0.5) is 0 Å². The van der Waals surface area contributed by atoms with Crippen LogP contribution in [-0.4, -0.2) is 29.8 Å². The summed E-state index contributed by atoms with van der Waals surface area (Å²) < 4.78 is 5.82. The van der Waals surface area contributed by atoms with Gasteiger partial charge in [0.1, 0.15) is 11.3 Å². The molecule has 0 saturated heterocycles. The number of aliphatic carboxylic acids is 1. The molecule has 1 aromatic rings. The van der Waals surface area contributed by atoms with Crippen LogP contribution in [0.15, 0.2) is 18.2 Å². The molecule has 1 aromatic carbocycles. The van der Waals surface area contributed by atoms with Crippen molar-refractivity contribution in [1.29, 1.82) is 0 Å². The Bertz CT molecular complexity index is 438. The van der Waals surface area contributed by atoms with Crippen molar-refractivity contribution >= 4 is 5.97 Å². The first-order valence-corrected chi connectivity index (χ1v) is 6.44. The lowest BCUT2D eigenvalue weighted by Gasteiger charge is -2.28. The molecule has 19 heavy (non-hydrogen) atoms. The lowest BCUT2D eigenvalue weighted by molar-refractivity contribution is -0.145. The highest BCUT2D eigenvalue weighted by Crippen LogP contribution is 2.21. The number of hydrogen-bond acceptors (Lipinski definition) is 3. The molecule has 0 radical (unpaired) electrons. The van der Waals surface area contributed by atoms with Crippen molar-refractivity contribution in [2.45, 2.75) is 45.8 Å². The van der Waals surface area contributed by atoms with Crippen LogP contribution in [0.3, 0.4) is 0 Å². The summed E-state index contributed by atoms with van der Waals surface area (Å²) in [5.41, 5.74) is 1.30. The molecule has 106 valence electrons. The Hall–Kier alpha value is -1.55. The summed E-state index contributed by atoms with van der Waals surface area (Å²) in [5.74, 6) is -0.0836. The molecule has 0 aliphatic heterocycles. The van der Waals surface area contributed by atoms with Gasteiger partial charge in [0, 0.05) is 6.42 Å². The zero-order valence-corrected chi connectivity index (χ0v) is 12.3. The normalized spacial score (nSPS) is 15.6. The SMILES string of the molecule is CNC(C)(CC(C)Oc1cc(C)cc(C)c1)C(=O)O. The maximum absolute atomic E-state index is 11.2. The molecule has 4 heteroatoms. The van der Waals surface area contributed by atoms with E-state index in [1.165, 1.54) is 0 Å². The maximum atomic E-state index is 11.2. The van der Waals surface area contributed by atoms with Crippen molar-refractivity contribution in [3.63, 3.8) is 0 Å². The number of hydrogen-bond donors (Lipinski definition) is 2. The van der Waals surface area contributed by atoms with Crippen LogP contribution in [-0.2, 0) is 4.79 Å². The molecule has 0 aliphatic rings. The predicted octanol–water partition coefficient (Wildman–Crippen LogP) is 2.52. The monoisotopic (exact) mass is 265 g/mol. The van der Waals surface area contributed by atoms with E-state index in [2.05, 4.69) is 11.4 Å². The summed E-state index contributed by atoms with van der Waals surface area (Å²) >= 11 is 0. The van der Waals surface area contributed by atoms with E-state index >= 15 is 0 Å². The van der Waals surface area contributed by atoms with Crippen molar-refractivity contribution in [3.05, 3.63) is 29.3 Å². The van der Waals surface area contributed by atoms with E-state index in [1.54, 1.807) is 14.0 Å². The summed E-state index contributed by atoms with van der Waals surface area (Å²) in [7, 11) is 1.65. The number of rotatable bonds is 6. The molecule has 2 unspecified atom stereocenters. The molecule has 0 bridgehead atoms. The van der Waals surface area contributed by atoms with Crippen molar-refractivity contribution < 1.29 is 14.6 Å². The first kappa shape index (κ1) is 15.5. The molecule has 0 saturated carbocycles. The van der Waals surface area contributed by atoms with Crippen molar-refractivity contribution in [2.24, 2.45) is 0 Å². The number of carboxylic acids is 1. The number of aryl methyl sites for hydroxylation is 2. The number of carboxylic acid groups (broad SMARTS) is 1. The van der Waals surface area contributed by atoms with Crippen LogP contribution in [0.5, 0.6) is 5.75 Å². The number of benzene rings is 1. The van der Waals surface area contributed by atoms with Crippen molar-refractivity contribution in [2.75, 3.05) is 7.05 Å². The van der Waals surface area contributed by atoms with Gasteiger partial charge in [-0.25, -0.2) is 0 Å². The van der Waals surface area contributed by atoms with E-state index in [9.17, 15) is 9.90 Å². The first-order chi connectivity index (χ1) is 8.76. The molecule has 2 N–H and O–H groups in total. The molecule has 0 aliphatic carbocycles. The van der Waals surface area contributed by atoms with Crippen LogP contribution in [0.2, 0.25) is 0 Å². The Kier molecular flexibility index (Phi) is 4.95. The zero-order valence-electron chi connectivity index (χ0n) is 12.3. The fraction of sp³-hybridized carbons (Fsp3) is 0.533. The molecule has 0 amide bonds. The molecule has 2 atom stereocenters. The lowest BCUT2D eigenvalue weighted by Crippen LogP contribution is -2.50. The van der Waals surface area contributed by atoms with Gasteiger partial charge < -0.3 is 15.2 Å². The van der Waals surface area contributed by atoms with Gasteiger partial charge in [-0.15, -0.1) is 0 Å². The Labute approximate surface area is 114 Å². The second kappa shape index (κ2) is 6.06. The molecule has 0 spiro atoms. The molecule has 0 fully saturated rings. The minimum absolute atomic E-state index is 0.185. The van der Waals surface area contributed by atoms with E-state index in [0.717, 1.165) is 16.9 Å². The minimum Gasteiger partial charge on any atom is -0.491 e. The second-order valence-electron chi connectivity index (χ2n) is 5.34. The van der Waals surface area contributed by atoms with Crippen LogP contribution in [0.1, 0.15) is 31.4 Å². The highest BCUT2D eigenvalue weighted by molar-refractivity contribution is 5.78. The van der Waals surface area contributed by atoms with Gasteiger partial charge >= 0.3 is 5.97 Å². The van der Waals surface area contributed by atoms with Gasteiger partial charge in [-0.3, -0.25) is 4.79 Å². The van der Waals surface area contributed by atoms with E-state index in [1.807, 2.05) is 32.9 Å². The van der Waals surface area contributed by atoms with Crippen LogP contribution < -0.4 is 10.1 Å². The van der Waals surface area contributed by atoms with Gasteiger partial charge in [0.15, 0.2) is 0 Å². The highest BCUT2D eigenvalue weighted by atomic mass is 16.5. The molecular formula is C15H23NO3. The smallest absolute Gasteiger partial charge is 0.323 e. The zero-order chi connectivity index (χ0) is 14.6. The van der Waals surface area contributed by atoms with Gasteiger partial charge in [-0.2, -0.15) is 0 Å². The van der Waals surface area contributed by atoms with Crippen molar-refractivity contribution in [3.8, 4) is 5.75 Å². The summed E-state index contributed by atoms with van der Waals surface area (Å²) in [6, 6.07) is 5.99. The van der Waals surface area contributed by atoms with Crippen molar-refractivity contribution in [1.82, 2.24) is 5.32 Å². The largest absolute Gasteiger partial charge is 0.491 e. The second-order valence-corrected chi connectivity index (χ2v) is 5.34. The third-order valence-corrected chi connectivity index (χ3v) is 3.25. The Balaban J connectivity index is 2.74. The molecule has 0 heterocycles. The van der Waals surface area contributed by atoms with E-state index in [-0.39, 0.29) is 6.10 Å². The molecule has 0 aromatic heterocycles.